The number of aliphatic imine (C=N–C) groups is 2. The molecule has 0 aromatic heterocycles. The molecule has 0 radical (unpaired) electrons. The standard InChI is InChI=1S/C32H43FN8O3/c1-3-37-32(24-4-9-30(25(18-24)19-34)44-31(29(33)20-35)10-11-36-12-17-42)39-23(2)38-26-5-7-27(8-6-26)40-13-15-41(16-14-40)28-21-43-22-28/h3-9,18,28-29,31,36,38,42H,2,10-17,20-22,35H2,1H3/b37-3?,39-32-/t29-,31+/m1/s1. The Labute approximate surface area is 258 Å². The number of rotatable bonds is 15. The number of piperazine rings is 1. The molecule has 2 aliphatic rings. The van der Waals surface area contributed by atoms with Gasteiger partial charge in [-0.15, -0.1) is 0 Å². The van der Waals surface area contributed by atoms with Crippen LogP contribution in [0.3, 0.4) is 0 Å². The van der Waals surface area contributed by atoms with Gasteiger partial charge in [-0.3, -0.25) is 4.90 Å². The number of halogens is 1. The van der Waals surface area contributed by atoms with Crippen molar-refractivity contribution in [2.24, 2.45) is 15.7 Å². The lowest BCUT2D eigenvalue weighted by atomic mass is 10.1. The van der Waals surface area contributed by atoms with Gasteiger partial charge in [0, 0.05) is 62.4 Å². The van der Waals surface area contributed by atoms with Crippen LogP contribution in [-0.2, 0) is 4.74 Å². The Hall–Kier alpha value is -3.86. The van der Waals surface area contributed by atoms with Crippen LogP contribution in [0.5, 0.6) is 5.75 Å². The summed E-state index contributed by atoms with van der Waals surface area (Å²) in [4.78, 5) is 13.9. The molecule has 2 heterocycles. The van der Waals surface area contributed by atoms with Crippen molar-refractivity contribution in [3.63, 3.8) is 0 Å². The van der Waals surface area contributed by atoms with Gasteiger partial charge in [0.25, 0.3) is 0 Å². The first-order chi connectivity index (χ1) is 21.4. The molecule has 0 spiro atoms. The molecule has 2 aromatic rings. The molecule has 0 saturated carbocycles. The number of nitrogens with two attached hydrogens (primary N) is 1. The van der Waals surface area contributed by atoms with Gasteiger partial charge in [-0.2, -0.15) is 5.26 Å². The largest absolute Gasteiger partial charge is 0.486 e. The number of benzene rings is 2. The second-order valence-corrected chi connectivity index (χ2v) is 10.6. The minimum absolute atomic E-state index is 0.0189. The van der Waals surface area contributed by atoms with Crippen molar-refractivity contribution in [3.8, 4) is 11.8 Å². The lowest BCUT2D eigenvalue weighted by Gasteiger charge is -2.43. The summed E-state index contributed by atoms with van der Waals surface area (Å²) in [7, 11) is 0. The quantitative estimate of drug-likeness (QED) is 0.137. The molecule has 11 nitrogen and oxygen atoms in total. The maximum Gasteiger partial charge on any atom is 0.161 e. The average molecular weight is 607 g/mol. The third kappa shape index (κ3) is 9.07. The maximum absolute atomic E-state index is 14.6. The molecule has 236 valence electrons. The van der Waals surface area contributed by atoms with Gasteiger partial charge in [0.15, 0.2) is 5.84 Å². The Bertz CT molecular complexity index is 1320. The van der Waals surface area contributed by atoms with Crippen molar-refractivity contribution in [3.05, 3.63) is 66.0 Å². The number of hydrogen-bond donors (Lipinski definition) is 4. The van der Waals surface area contributed by atoms with Crippen LogP contribution in [0.2, 0.25) is 0 Å². The van der Waals surface area contributed by atoms with Gasteiger partial charge in [0.1, 0.15) is 29.9 Å². The van der Waals surface area contributed by atoms with Crippen LogP contribution in [0.1, 0.15) is 24.5 Å². The zero-order valence-corrected chi connectivity index (χ0v) is 25.3. The summed E-state index contributed by atoms with van der Waals surface area (Å²) in [6.45, 7) is 12.2. The molecule has 2 saturated heterocycles. The number of nitrogens with one attached hydrogen (secondary N) is 2. The smallest absolute Gasteiger partial charge is 0.161 e. The van der Waals surface area contributed by atoms with Gasteiger partial charge in [0.05, 0.1) is 31.4 Å². The van der Waals surface area contributed by atoms with E-state index in [1.165, 1.54) is 5.69 Å². The number of aliphatic hydroxyl groups excluding tert-OH is 1. The molecular weight excluding hydrogens is 563 g/mol. The van der Waals surface area contributed by atoms with E-state index in [9.17, 15) is 9.65 Å². The fraction of sp³-hybridized carbons (Fsp3) is 0.469. The highest BCUT2D eigenvalue weighted by Gasteiger charge is 2.29. The maximum atomic E-state index is 14.6. The molecule has 0 amide bonds. The number of amidine groups is 1. The number of ether oxygens (including phenoxy) is 2. The van der Waals surface area contributed by atoms with E-state index in [-0.39, 0.29) is 24.5 Å². The van der Waals surface area contributed by atoms with Gasteiger partial charge < -0.3 is 35.8 Å². The lowest BCUT2D eigenvalue weighted by molar-refractivity contribution is -0.0660. The SMILES string of the molecule is C=C(/N=C(\N=CC)c1ccc(O[C@@H](CCNCCO)[C@H](F)CN)c(C#N)c1)Nc1ccc(N2CCN(C3COC3)CC2)cc1. The third-order valence-electron chi connectivity index (χ3n) is 7.62. The molecule has 0 unspecified atom stereocenters. The molecule has 0 aliphatic carbocycles. The fourth-order valence-electron chi connectivity index (χ4n) is 5.08. The molecule has 2 aliphatic heterocycles. The predicted octanol–water partition coefficient (Wildman–Crippen LogP) is 2.52. The second kappa shape index (κ2) is 16.8. The van der Waals surface area contributed by atoms with Crippen LogP contribution in [0, 0.1) is 11.3 Å². The molecule has 2 atom stereocenters. The Kier molecular flexibility index (Phi) is 12.6. The summed E-state index contributed by atoms with van der Waals surface area (Å²) in [5, 5.41) is 25.0. The zero-order chi connectivity index (χ0) is 31.3. The topological polar surface area (TPSA) is 144 Å². The van der Waals surface area contributed by atoms with E-state index in [4.69, 9.17) is 20.3 Å². The number of alkyl halides is 1. The van der Waals surface area contributed by atoms with Gasteiger partial charge in [-0.1, -0.05) is 6.58 Å². The summed E-state index contributed by atoms with van der Waals surface area (Å²) in [5.74, 6) is 0.983. The minimum atomic E-state index is -1.42. The molecule has 12 heteroatoms. The van der Waals surface area contributed by atoms with Crippen LogP contribution >= 0.6 is 0 Å². The van der Waals surface area contributed by atoms with E-state index in [1.807, 2.05) is 12.1 Å². The van der Waals surface area contributed by atoms with E-state index in [1.54, 1.807) is 31.3 Å². The van der Waals surface area contributed by atoms with E-state index >= 15 is 0 Å². The van der Waals surface area contributed by atoms with Crippen LogP contribution in [0.4, 0.5) is 15.8 Å². The fourth-order valence-corrected chi connectivity index (χ4v) is 5.08. The van der Waals surface area contributed by atoms with E-state index in [0.29, 0.717) is 42.8 Å². The third-order valence-corrected chi connectivity index (χ3v) is 7.62. The highest BCUT2D eigenvalue weighted by atomic mass is 19.1. The van der Waals surface area contributed by atoms with Crippen molar-refractivity contribution in [1.29, 1.82) is 5.26 Å². The monoisotopic (exact) mass is 606 g/mol. The van der Waals surface area contributed by atoms with Crippen LogP contribution in [0.15, 0.2) is 64.8 Å². The van der Waals surface area contributed by atoms with E-state index in [0.717, 1.165) is 45.1 Å². The first kappa shape index (κ1) is 33.0. The predicted molar refractivity (Wildman–Crippen MR) is 172 cm³/mol. The van der Waals surface area contributed by atoms with Gasteiger partial charge >= 0.3 is 0 Å². The first-order valence-corrected chi connectivity index (χ1v) is 15.0. The Morgan fingerprint density at radius 2 is 1.98 bits per heavy atom. The van der Waals surface area contributed by atoms with Crippen molar-refractivity contribution < 1.29 is 19.0 Å². The molecule has 4 rings (SSSR count). The second-order valence-electron chi connectivity index (χ2n) is 10.6. The Morgan fingerprint density at radius 1 is 1.23 bits per heavy atom. The van der Waals surface area contributed by atoms with Crippen molar-refractivity contribution in [2.75, 3.05) is 75.9 Å². The number of aliphatic hydroxyl groups is 1. The molecule has 2 aromatic carbocycles. The average Bonchev–Trinajstić information content (AvgIpc) is 3.02. The van der Waals surface area contributed by atoms with Crippen molar-refractivity contribution in [2.45, 2.75) is 31.7 Å². The van der Waals surface area contributed by atoms with E-state index in [2.05, 4.69) is 55.2 Å². The van der Waals surface area contributed by atoms with E-state index < -0.39 is 12.3 Å². The van der Waals surface area contributed by atoms with Crippen LogP contribution < -0.4 is 26.0 Å². The van der Waals surface area contributed by atoms with Crippen LogP contribution in [-0.4, -0.2) is 106 Å². The van der Waals surface area contributed by atoms with Gasteiger partial charge in [0.2, 0.25) is 0 Å². The van der Waals surface area contributed by atoms with Crippen molar-refractivity contribution >= 4 is 23.4 Å². The zero-order valence-electron chi connectivity index (χ0n) is 25.3. The summed E-state index contributed by atoms with van der Waals surface area (Å²) < 4.78 is 25.8. The molecule has 0 bridgehead atoms. The summed E-state index contributed by atoms with van der Waals surface area (Å²) in [5.41, 5.74) is 8.36. The molecule has 5 N–H and O–H groups in total. The summed E-state index contributed by atoms with van der Waals surface area (Å²) in [6, 6.07) is 15.8. The summed E-state index contributed by atoms with van der Waals surface area (Å²) in [6.07, 6.45) is -0.343. The molecule has 2 fully saturated rings. The minimum Gasteiger partial charge on any atom is -0.486 e. The summed E-state index contributed by atoms with van der Waals surface area (Å²) >= 11 is 0. The van der Waals surface area contributed by atoms with Crippen LogP contribution in [0.25, 0.3) is 0 Å². The van der Waals surface area contributed by atoms with Gasteiger partial charge in [-0.25, -0.2) is 14.4 Å². The highest BCUT2D eigenvalue weighted by Crippen LogP contribution is 2.25. The number of anilines is 2. The molecule has 44 heavy (non-hydrogen) atoms. The lowest BCUT2D eigenvalue weighted by Crippen LogP contribution is -2.56. The highest BCUT2D eigenvalue weighted by molar-refractivity contribution is 6.03. The Morgan fingerprint density at radius 3 is 2.59 bits per heavy atom. The van der Waals surface area contributed by atoms with Crippen molar-refractivity contribution in [1.82, 2.24) is 10.2 Å². The van der Waals surface area contributed by atoms with Gasteiger partial charge in [-0.05, 0) is 62.4 Å². The number of nitrogens with zero attached hydrogens (tertiary/aromatic N) is 5. The number of hydrogen-bond acceptors (Lipinski definition) is 10. The Balaban J connectivity index is 1.40. The first-order valence-electron chi connectivity index (χ1n) is 15.0. The number of nitriles is 1. The normalized spacial score (nSPS) is 17.6. The molecular formula is C32H43FN8O3.